The molecular formula is C23H27NO2S. The monoisotopic (exact) mass is 381 g/mol. The molecule has 4 rings (SSSR count). The highest BCUT2D eigenvalue weighted by Crippen LogP contribution is 2.32. The van der Waals surface area contributed by atoms with E-state index in [4.69, 9.17) is 14.5 Å². The number of benzene rings is 1. The van der Waals surface area contributed by atoms with Crippen LogP contribution in [0.5, 0.6) is 11.5 Å². The number of hydrogen-bond acceptors (Lipinski definition) is 4. The van der Waals surface area contributed by atoms with Crippen LogP contribution in [-0.4, -0.2) is 11.6 Å². The number of rotatable bonds is 4. The fourth-order valence-corrected chi connectivity index (χ4v) is 4.49. The summed E-state index contributed by atoms with van der Waals surface area (Å²) in [7, 11) is 0. The molecule has 2 heterocycles. The summed E-state index contributed by atoms with van der Waals surface area (Å²) in [4.78, 5) is 5.94. The number of fused-ring (bicyclic) bond motifs is 1. The van der Waals surface area contributed by atoms with Crippen LogP contribution in [0.1, 0.15) is 47.8 Å². The van der Waals surface area contributed by atoms with Crippen LogP contribution >= 0.6 is 11.3 Å². The molecule has 2 atom stereocenters. The molecule has 0 saturated heterocycles. The van der Waals surface area contributed by atoms with Crippen molar-refractivity contribution in [1.82, 2.24) is 4.98 Å². The Morgan fingerprint density at radius 2 is 2.19 bits per heavy atom. The molecular weight excluding hydrogens is 354 g/mol. The summed E-state index contributed by atoms with van der Waals surface area (Å²) in [6.07, 6.45) is 10.0. The molecule has 2 unspecified atom stereocenters. The van der Waals surface area contributed by atoms with Gasteiger partial charge in [-0.05, 0) is 49.7 Å². The molecule has 1 aromatic carbocycles. The Morgan fingerprint density at radius 3 is 3.00 bits per heavy atom. The SMILES string of the molecule is Cc1nc(C2=CCC(C)C=C2)sc1COc1ccc2c(c1)OCCC(C)C2. The summed E-state index contributed by atoms with van der Waals surface area (Å²) >= 11 is 1.73. The van der Waals surface area contributed by atoms with Gasteiger partial charge in [0.05, 0.1) is 17.2 Å². The van der Waals surface area contributed by atoms with E-state index in [2.05, 4.69) is 51.1 Å². The lowest BCUT2D eigenvalue weighted by atomic mass is 9.99. The Hall–Kier alpha value is -2.07. The number of allylic oxidation sites excluding steroid dienone is 4. The van der Waals surface area contributed by atoms with Crippen molar-refractivity contribution in [3.8, 4) is 11.5 Å². The van der Waals surface area contributed by atoms with E-state index >= 15 is 0 Å². The Balaban J connectivity index is 1.45. The van der Waals surface area contributed by atoms with Crippen LogP contribution in [0.15, 0.2) is 36.4 Å². The third kappa shape index (κ3) is 4.27. The molecule has 27 heavy (non-hydrogen) atoms. The highest BCUT2D eigenvalue weighted by atomic mass is 32.1. The first-order valence-corrected chi connectivity index (χ1v) is 10.6. The van der Waals surface area contributed by atoms with Crippen molar-refractivity contribution >= 4 is 16.9 Å². The van der Waals surface area contributed by atoms with Crippen LogP contribution in [0.3, 0.4) is 0 Å². The number of hydrogen-bond donors (Lipinski definition) is 0. The summed E-state index contributed by atoms with van der Waals surface area (Å²) in [6.45, 7) is 7.92. The molecule has 0 fully saturated rings. The first-order chi connectivity index (χ1) is 13.1. The largest absolute Gasteiger partial charge is 0.493 e. The van der Waals surface area contributed by atoms with E-state index < -0.39 is 0 Å². The van der Waals surface area contributed by atoms with Crippen molar-refractivity contribution < 1.29 is 9.47 Å². The number of nitrogens with zero attached hydrogens (tertiary/aromatic N) is 1. The van der Waals surface area contributed by atoms with Gasteiger partial charge in [0, 0.05) is 11.6 Å². The van der Waals surface area contributed by atoms with Crippen molar-refractivity contribution in [2.24, 2.45) is 11.8 Å². The van der Waals surface area contributed by atoms with Crippen molar-refractivity contribution in [3.05, 3.63) is 57.6 Å². The van der Waals surface area contributed by atoms with Crippen LogP contribution in [0, 0.1) is 18.8 Å². The van der Waals surface area contributed by atoms with E-state index in [1.165, 1.54) is 16.0 Å². The fourth-order valence-electron chi connectivity index (χ4n) is 3.50. The Kier molecular flexibility index (Phi) is 5.35. The van der Waals surface area contributed by atoms with E-state index in [0.717, 1.165) is 48.1 Å². The molecule has 1 aliphatic heterocycles. The van der Waals surface area contributed by atoms with E-state index in [1.54, 1.807) is 11.3 Å². The second-order valence-electron chi connectivity index (χ2n) is 7.76. The average molecular weight is 382 g/mol. The highest BCUT2D eigenvalue weighted by Gasteiger charge is 2.16. The number of thiazole rings is 1. The van der Waals surface area contributed by atoms with Gasteiger partial charge in [0.15, 0.2) is 0 Å². The van der Waals surface area contributed by atoms with E-state index in [9.17, 15) is 0 Å². The lowest BCUT2D eigenvalue weighted by Crippen LogP contribution is -2.00. The quantitative estimate of drug-likeness (QED) is 0.654. The first-order valence-electron chi connectivity index (χ1n) is 9.82. The average Bonchev–Trinajstić information content (AvgIpc) is 2.92. The second-order valence-corrected chi connectivity index (χ2v) is 8.85. The minimum atomic E-state index is 0.548. The van der Waals surface area contributed by atoms with Gasteiger partial charge in [-0.15, -0.1) is 11.3 Å². The Bertz CT molecular complexity index is 880. The summed E-state index contributed by atoms with van der Waals surface area (Å²) in [5, 5.41) is 1.09. The molecule has 1 aromatic heterocycles. The standard InChI is InChI=1S/C23H27NO2S/c1-15-4-6-18(7-5-15)23-24-17(3)22(27-23)14-26-20-9-8-19-12-16(2)10-11-25-21(19)13-20/h4,6-9,13,15-16H,5,10-12,14H2,1-3H3. The summed E-state index contributed by atoms with van der Waals surface area (Å²) in [6, 6.07) is 6.25. The molecule has 0 amide bonds. The zero-order chi connectivity index (χ0) is 18.8. The maximum Gasteiger partial charge on any atom is 0.126 e. The molecule has 1 aliphatic carbocycles. The first kappa shape index (κ1) is 18.3. The van der Waals surface area contributed by atoms with E-state index in [-0.39, 0.29) is 0 Å². The van der Waals surface area contributed by atoms with E-state index in [0.29, 0.717) is 18.4 Å². The van der Waals surface area contributed by atoms with Gasteiger partial charge in [-0.1, -0.05) is 38.1 Å². The van der Waals surface area contributed by atoms with Gasteiger partial charge < -0.3 is 9.47 Å². The van der Waals surface area contributed by atoms with Crippen molar-refractivity contribution in [1.29, 1.82) is 0 Å². The van der Waals surface area contributed by atoms with E-state index in [1.807, 2.05) is 6.07 Å². The van der Waals surface area contributed by atoms with Gasteiger partial charge in [0.25, 0.3) is 0 Å². The molecule has 4 heteroatoms. The maximum absolute atomic E-state index is 6.08. The highest BCUT2D eigenvalue weighted by molar-refractivity contribution is 7.12. The minimum absolute atomic E-state index is 0.548. The molecule has 0 radical (unpaired) electrons. The van der Waals surface area contributed by atoms with Crippen LogP contribution in [0.25, 0.3) is 5.57 Å². The van der Waals surface area contributed by atoms with Gasteiger partial charge >= 0.3 is 0 Å². The van der Waals surface area contributed by atoms with Crippen LogP contribution in [-0.2, 0) is 13.0 Å². The molecule has 142 valence electrons. The van der Waals surface area contributed by atoms with Crippen LogP contribution < -0.4 is 9.47 Å². The molecule has 0 spiro atoms. The van der Waals surface area contributed by atoms with Gasteiger partial charge in [-0.25, -0.2) is 4.98 Å². The summed E-state index contributed by atoms with van der Waals surface area (Å²) in [5.41, 5.74) is 3.58. The normalized spacial score (nSPS) is 21.8. The lowest BCUT2D eigenvalue weighted by Gasteiger charge is -2.11. The van der Waals surface area contributed by atoms with Crippen LogP contribution in [0.4, 0.5) is 0 Å². The van der Waals surface area contributed by atoms with Gasteiger partial charge in [-0.2, -0.15) is 0 Å². The summed E-state index contributed by atoms with van der Waals surface area (Å²) in [5.74, 6) is 3.13. The molecule has 2 aromatic rings. The number of aromatic nitrogens is 1. The number of ether oxygens (including phenoxy) is 2. The topological polar surface area (TPSA) is 31.4 Å². The zero-order valence-corrected chi connectivity index (χ0v) is 17.1. The minimum Gasteiger partial charge on any atom is -0.493 e. The molecule has 3 nitrogen and oxygen atoms in total. The molecule has 0 N–H and O–H groups in total. The third-order valence-corrected chi connectivity index (χ3v) is 6.48. The Morgan fingerprint density at radius 1 is 1.30 bits per heavy atom. The van der Waals surface area contributed by atoms with Crippen molar-refractivity contribution in [2.45, 2.75) is 46.6 Å². The predicted molar refractivity (Wildman–Crippen MR) is 112 cm³/mol. The van der Waals surface area contributed by atoms with Crippen LogP contribution in [0.2, 0.25) is 0 Å². The van der Waals surface area contributed by atoms with Crippen molar-refractivity contribution in [2.75, 3.05) is 6.61 Å². The molecule has 0 bridgehead atoms. The lowest BCUT2D eigenvalue weighted by molar-refractivity contribution is 0.290. The molecule has 2 aliphatic rings. The zero-order valence-electron chi connectivity index (χ0n) is 16.3. The summed E-state index contributed by atoms with van der Waals surface area (Å²) < 4.78 is 12.0. The smallest absolute Gasteiger partial charge is 0.126 e. The molecule has 0 saturated carbocycles. The third-order valence-electron chi connectivity index (χ3n) is 5.30. The van der Waals surface area contributed by atoms with Crippen molar-refractivity contribution in [3.63, 3.8) is 0 Å². The second kappa shape index (κ2) is 7.89. The van der Waals surface area contributed by atoms with Gasteiger partial charge in [0.1, 0.15) is 23.1 Å². The maximum atomic E-state index is 6.08. The predicted octanol–water partition coefficient (Wildman–Crippen LogP) is 5.97. The van der Waals surface area contributed by atoms with Gasteiger partial charge in [-0.3, -0.25) is 0 Å². The van der Waals surface area contributed by atoms with Gasteiger partial charge in [0.2, 0.25) is 0 Å². The number of aryl methyl sites for hydroxylation is 1. The Labute approximate surface area is 165 Å². The fraction of sp³-hybridized carbons (Fsp3) is 0.435.